The van der Waals surface area contributed by atoms with Crippen LogP contribution < -0.4 is 11.5 Å². The minimum atomic E-state index is 0.480. The second-order valence-electron chi connectivity index (χ2n) is 4.07. The summed E-state index contributed by atoms with van der Waals surface area (Å²) in [7, 11) is 0. The van der Waals surface area contributed by atoms with Crippen molar-refractivity contribution in [1.82, 2.24) is 14.6 Å². The first-order chi connectivity index (χ1) is 8.79. The van der Waals surface area contributed by atoms with Crippen LogP contribution in [0.5, 0.6) is 0 Å². The Kier molecular flexibility index (Phi) is 2.46. The van der Waals surface area contributed by atoms with Crippen LogP contribution in [0, 0.1) is 0 Å². The molecule has 0 aliphatic heterocycles. The predicted molar refractivity (Wildman–Crippen MR) is 70.7 cm³/mol. The lowest BCUT2D eigenvalue weighted by Crippen LogP contribution is -1.98. The Bertz CT molecular complexity index is 684. The maximum absolute atomic E-state index is 5.90. The van der Waals surface area contributed by atoms with Gasteiger partial charge in [0.15, 0.2) is 5.82 Å². The molecule has 0 bridgehead atoms. The monoisotopic (exact) mass is 239 g/mol. The number of hydrogen-bond donors (Lipinski definition) is 2. The Morgan fingerprint density at radius 3 is 2.61 bits per heavy atom. The summed E-state index contributed by atoms with van der Waals surface area (Å²) in [5, 5.41) is 4.13. The number of aromatic nitrogens is 3. The molecular formula is C13H13N5. The maximum atomic E-state index is 5.90. The summed E-state index contributed by atoms with van der Waals surface area (Å²) < 4.78 is 1.73. The number of nitrogens with zero attached hydrogens (tertiary/aromatic N) is 3. The van der Waals surface area contributed by atoms with E-state index >= 15 is 0 Å². The molecule has 0 radical (unpaired) electrons. The Morgan fingerprint density at radius 2 is 1.89 bits per heavy atom. The molecule has 1 aromatic carbocycles. The van der Waals surface area contributed by atoms with Crippen LogP contribution in [0.1, 0.15) is 5.56 Å². The van der Waals surface area contributed by atoms with Gasteiger partial charge in [-0.25, -0.2) is 9.50 Å². The van der Waals surface area contributed by atoms with E-state index in [1.54, 1.807) is 4.52 Å². The molecule has 2 heterocycles. The van der Waals surface area contributed by atoms with Crippen molar-refractivity contribution >= 4 is 11.3 Å². The van der Waals surface area contributed by atoms with Gasteiger partial charge in [-0.2, -0.15) is 5.10 Å². The molecule has 0 atom stereocenters. The molecule has 4 N–H and O–H groups in total. The molecule has 0 saturated carbocycles. The van der Waals surface area contributed by atoms with E-state index in [1.807, 2.05) is 36.5 Å². The van der Waals surface area contributed by atoms with Crippen LogP contribution >= 0.6 is 0 Å². The fourth-order valence-corrected chi connectivity index (χ4v) is 2.03. The van der Waals surface area contributed by atoms with E-state index in [-0.39, 0.29) is 0 Å². The fraction of sp³-hybridized carbons (Fsp3) is 0.0769. The van der Waals surface area contributed by atoms with Gasteiger partial charge in [0, 0.05) is 18.3 Å². The molecule has 0 unspecified atom stereocenters. The van der Waals surface area contributed by atoms with E-state index in [2.05, 4.69) is 10.1 Å². The molecule has 5 nitrogen and oxygen atoms in total. The number of fused-ring (bicyclic) bond motifs is 1. The second-order valence-corrected chi connectivity index (χ2v) is 4.07. The normalized spacial score (nSPS) is 10.9. The highest BCUT2D eigenvalue weighted by Crippen LogP contribution is 2.27. The largest absolute Gasteiger partial charge is 0.382 e. The molecule has 3 rings (SSSR count). The second kappa shape index (κ2) is 4.12. The molecule has 0 fully saturated rings. The highest BCUT2D eigenvalue weighted by Gasteiger charge is 2.09. The van der Waals surface area contributed by atoms with Gasteiger partial charge in [-0.3, -0.25) is 0 Å². The van der Waals surface area contributed by atoms with Crippen LogP contribution in [0.2, 0.25) is 0 Å². The first-order valence-electron chi connectivity index (χ1n) is 5.67. The van der Waals surface area contributed by atoms with Gasteiger partial charge < -0.3 is 11.5 Å². The minimum absolute atomic E-state index is 0.480. The molecule has 0 aliphatic carbocycles. The quantitative estimate of drug-likeness (QED) is 0.708. The molecule has 2 aromatic heterocycles. The summed E-state index contributed by atoms with van der Waals surface area (Å²) in [5.74, 6) is 0.480. The first kappa shape index (κ1) is 10.7. The van der Waals surface area contributed by atoms with Crippen LogP contribution in [0.25, 0.3) is 16.6 Å². The number of nitrogen functional groups attached to an aromatic ring is 1. The number of benzene rings is 1. The van der Waals surface area contributed by atoms with Gasteiger partial charge >= 0.3 is 0 Å². The summed E-state index contributed by atoms with van der Waals surface area (Å²) in [6, 6.07) is 10.1. The third kappa shape index (κ3) is 1.61. The molecular weight excluding hydrogens is 226 g/mol. The summed E-state index contributed by atoms with van der Waals surface area (Å²) in [4.78, 5) is 4.03. The standard InChI is InChI=1S/C13H13N5/c14-7-9-1-3-10(4-2-9)11-5-6-18-12(11)13(15)16-8-17-18/h1-6,8H,7,14H2,(H2,15,16,17). The Hall–Kier alpha value is -2.40. The smallest absolute Gasteiger partial charge is 0.151 e. The van der Waals surface area contributed by atoms with Crippen LogP contribution in [0.15, 0.2) is 42.9 Å². The highest BCUT2D eigenvalue weighted by atomic mass is 15.2. The Morgan fingerprint density at radius 1 is 1.11 bits per heavy atom. The van der Waals surface area contributed by atoms with E-state index in [0.717, 1.165) is 22.2 Å². The lowest BCUT2D eigenvalue weighted by Gasteiger charge is -2.03. The average Bonchev–Trinajstić information content (AvgIpc) is 2.84. The third-order valence-corrected chi connectivity index (χ3v) is 2.98. The van der Waals surface area contributed by atoms with Crippen LogP contribution in [-0.2, 0) is 6.54 Å². The molecule has 5 heteroatoms. The molecule has 90 valence electrons. The van der Waals surface area contributed by atoms with E-state index < -0.39 is 0 Å². The van der Waals surface area contributed by atoms with Gasteiger partial charge in [-0.15, -0.1) is 0 Å². The van der Waals surface area contributed by atoms with Crippen molar-refractivity contribution in [3.63, 3.8) is 0 Å². The fourth-order valence-electron chi connectivity index (χ4n) is 2.03. The molecule has 0 amide bonds. The summed E-state index contributed by atoms with van der Waals surface area (Å²) in [5.41, 5.74) is 15.5. The molecule has 0 spiro atoms. The Balaban J connectivity index is 2.18. The number of rotatable bonds is 2. The zero-order chi connectivity index (χ0) is 12.5. The number of nitrogens with two attached hydrogens (primary N) is 2. The zero-order valence-corrected chi connectivity index (χ0v) is 9.74. The predicted octanol–water partition coefficient (Wildman–Crippen LogP) is 1.44. The number of anilines is 1. The third-order valence-electron chi connectivity index (χ3n) is 2.98. The van der Waals surface area contributed by atoms with Crippen molar-refractivity contribution in [2.24, 2.45) is 5.73 Å². The summed E-state index contributed by atoms with van der Waals surface area (Å²) in [6.07, 6.45) is 3.32. The van der Waals surface area contributed by atoms with Crippen molar-refractivity contribution in [3.05, 3.63) is 48.4 Å². The van der Waals surface area contributed by atoms with Crippen molar-refractivity contribution in [2.45, 2.75) is 6.54 Å². The first-order valence-corrected chi connectivity index (χ1v) is 5.67. The van der Waals surface area contributed by atoms with E-state index in [4.69, 9.17) is 11.5 Å². The highest BCUT2D eigenvalue weighted by molar-refractivity contribution is 5.87. The molecule has 18 heavy (non-hydrogen) atoms. The van der Waals surface area contributed by atoms with Crippen molar-refractivity contribution in [3.8, 4) is 11.1 Å². The van der Waals surface area contributed by atoms with Gasteiger partial charge in [0.1, 0.15) is 11.8 Å². The number of hydrogen-bond acceptors (Lipinski definition) is 4. The topological polar surface area (TPSA) is 82.2 Å². The molecule has 0 saturated heterocycles. The van der Waals surface area contributed by atoms with Gasteiger partial charge in [-0.05, 0) is 17.2 Å². The average molecular weight is 239 g/mol. The van der Waals surface area contributed by atoms with Crippen LogP contribution in [0.3, 0.4) is 0 Å². The van der Waals surface area contributed by atoms with Crippen LogP contribution in [-0.4, -0.2) is 14.6 Å². The Labute approximate surface area is 104 Å². The van der Waals surface area contributed by atoms with E-state index in [9.17, 15) is 0 Å². The summed E-state index contributed by atoms with van der Waals surface area (Å²) in [6.45, 7) is 0.544. The van der Waals surface area contributed by atoms with E-state index in [1.165, 1.54) is 6.33 Å². The van der Waals surface area contributed by atoms with Gasteiger partial charge in [0.2, 0.25) is 0 Å². The minimum Gasteiger partial charge on any atom is -0.382 e. The van der Waals surface area contributed by atoms with E-state index in [0.29, 0.717) is 12.4 Å². The maximum Gasteiger partial charge on any atom is 0.151 e. The van der Waals surface area contributed by atoms with Gasteiger partial charge in [0.05, 0.1) is 0 Å². The summed E-state index contributed by atoms with van der Waals surface area (Å²) >= 11 is 0. The van der Waals surface area contributed by atoms with Crippen molar-refractivity contribution < 1.29 is 0 Å². The SMILES string of the molecule is NCc1ccc(-c2ccn3ncnc(N)c23)cc1. The van der Waals surface area contributed by atoms with Gasteiger partial charge in [0.25, 0.3) is 0 Å². The van der Waals surface area contributed by atoms with Crippen LogP contribution in [0.4, 0.5) is 5.82 Å². The molecule has 3 aromatic rings. The van der Waals surface area contributed by atoms with Gasteiger partial charge in [-0.1, -0.05) is 24.3 Å². The lowest BCUT2D eigenvalue weighted by atomic mass is 10.1. The lowest BCUT2D eigenvalue weighted by molar-refractivity contribution is 0.908. The van der Waals surface area contributed by atoms with Crippen molar-refractivity contribution in [2.75, 3.05) is 5.73 Å². The molecule has 0 aliphatic rings. The zero-order valence-electron chi connectivity index (χ0n) is 9.74. The van der Waals surface area contributed by atoms with Crippen molar-refractivity contribution in [1.29, 1.82) is 0 Å².